The largest absolute Gasteiger partial charge is 0.469 e. The van der Waals surface area contributed by atoms with Gasteiger partial charge in [-0.3, -0.25) is 4.79 Å². The topological polar surface area (TPSA) is 38.3 Å². The van der Waals surface area contributed by atoms with E-state index >= 15 is 0 Å². The fourth-order valence-corrected chi connectivity index (χ4v) is 2.15. The summed E-state index contributed by atoms with van der Waals surface area (Å²) in [6.45, 7) is 2.48. The molecule has 0 fully saturated rings. The third-order valence-corrected chi connectivity index (χ3v) is 3.12. The van der Waals surface area contributed by atoms with Crippen LogP contribution in [0.5, 0.6) is 0 Å². The Labute approximate surface area is 108 Å². The van der Waals surface area contributed by atoms with Crippen LogP contribution in [0.25, 0.3) is 0 Å². The van der Waals surface area contributed by atoms with Crippen molar-refractivity contribution in [1.82, 2.24) is 5.32 Å². The molecule has 0 amide bonds. The lowest BCUT2D eigenvalue weighted by atomic mass is 10.1. The Bertz CT molecular complexity index is 398. The second-order valence-corrected chi connectivity index (χ2v) is 4.52. The molecule has 1 aromatic carbocycles. The van der Waals surface area contributed by atoms with Crippen molar-refractivity contribution in [3.63, 3.8) is 0 Å². The zero-order valence-corrected chi connectivity index (χ0v) is 11.4. The van der Waals surface area contributed by atoms with Crippen molar-refractivity contribution in [2.45, 2.75) is 19.4 Å². The molecule has 0 aliphatic heterocycles. The molecule has 3 nitrogen and oxygen atoms in total. The molecule has 1 rings (SSSR count). The average molecular weight is 304 g/mol. The van der Waals surface area contributed by atoms with Crippen molar-refractivity contribution in [3.05, 3.63) is 34.1 Å². The van der Waals surface area contributed by atoms with Gasteiger partial charge in [0.1, 0.15) is 5.82 Å². The van der Waals surface area contributed by atoms with E-state index in [0.717, 1.165) is 10.0 Å². The van der Waals surface area contributed by atoms with Gasteiger partial charge in [-0.25, -0.2) is 4.39 Å². The number of hydrogen-bond acceptors (Lipinski definition) is 3. The monoisotopic (exact) mass is 303 g/mol. The fraction of sp³-hybridized carbons (Fsp3) is 0.417. The first kappa shape index (κ1) is 14.1. The molecule has 0 aromatic heterocycles. The van der Waals surface area contributed by atoms with Crippen LogP contribution >= 0.6 is 15.9 Å². The molecule has 94 valence electrons. The lowest BCUT2D eigenvalue weighted by molar-refractivity contribution is -0.140. The van der Waals surface area contributed by atoms with Gasteiger partial charge in [-0.05, 0) is 24.6 Å². The molecule has 0 bridgehead atoms. The molecule has 5 heteroatoms. The Balaban J connectivity index is 2.52. The summed E-state index contributed by atoms with van der Waals surface area (Å²) in [5.41, 5.74) is 0.955. The summed E-state index contributed by atoms with van der Waals surface area (Å²) in [6, 6.07) is 4.59. The van der Waals surface area contributed by atoms with Gasteiger partial charge in [0, 0.05) is 17.1 Å². The molecule has 0 aliphatic rings. The van der Waals surface area contributed by atoms with Crippen molar-refractivity contribution in [1.29, 1.82) is 0 Å². The van der Waals surface area contributed by atoms with Gasteiger partial charge in [-0.2, -0.15) is 0 Å². The van der Waals surface area contributed by atoms with Gasteiger partial charge >= 0.3 is 5.97 Å². The van der Waals surface area contributed by atoms with Crippen molar-refractivity contribution in [2.75, 3.05) is 13.7 Å². The molecule has 1 unspecified atom stereocenters. The molecule has 0 saturated heterocycles. The number of hydrogen-bond donors (Lipinski definition) is 1. The van der Waals surface area contributed by atoms with E-state index in [1.54, 1.807) is 6.07 Å². The van der Waals surface area contributed by atoms with Gasteiger partial charge in [0.15, 0.2) is 0 Å². The summed E-state index contributed by atoms with van der Waals surface area (Å²) in [4.78, 5) is 10.9. The summed E-state index contributed by atoms with van der Waals surface area (Å²) in [6.07, 6.45) is 0.319. The van der Waals surface area contributed by atoms with E-state index in [2.05, 4.69) is 26.0 Å². The highest BCUT2D eigenvalue weighted by atomic mass is 79.9. The summed E-state index contributed by atoms with van der Waals surface area (Å²) in [7, 11) is 1.36. The number of halogens is 2. The Hall–Kier alpha value is -0.940. The molecule has 0 heterocycles. The highest BCUT2D eigenvalue weighted by Crippen LogP contribution is 2.23. The maximum absolute atomic E-state index is 12.9. The minimum Gasteiger partial charge on any atom is -0.469 e. The molecular formula is C12H15BrFNO2. The van der Waals surface area contributed by atoms with Gasteiger partial charge in [0.25, 0.3) is 0 Å². The van der Waals surface area contributed by atoms with Crippen LogP contribution in [0.3, 0.4) is 0 Å². The number of carbonyl (C=O) groups is 1. The van der Waals surface area contributed by atoms with Crippen LogP contribution in [0.4, 0.5) is 4.39 Å². The zero-order chi connectivity index (χ0) is 12.8. The first-order valence-corrected chi connectivity index (χ1v) is 6.09. The van der Waals surface area contributed by atoms with Crippen LogP contribution in [0, 0.1) is 5.82 Å². The zero-order valence-electron chi connectivity index (χ0n) is 9.80. The van der Waals surface area contributed by atoms with Crippen LogP contribution in [0.2, 0.25) is 0 Å². The van der Waals surface area contributed by atoms with Gasteiger partial charge < -0.3 is 10.1 Å². The second-order valence-electron chi connectivity index (χ2n) is 3.67. The maximum atomic E-state index is 12.9. The molecule has 0 aliphatic carbocycles. The van der Waals surface area contributed by atoms with E-state index < -0.39 is 0 Å². The fourth-order valence-electron chi connectivity index (χ4n) is 1.46. The minimum atomic E-state index is -0.276. The Morgan fingerprint density at radius 2 is 2.29 bits per heavy atom. The molecule has 0 radical (unpaired) electrons. The van der Waals surface area contributed by atoms with Crippen LogP contribution in [-0.4, -0.2) is 19.6 Å². The number of rotatable bonds is 5. The standard InChI is InChI=1S/C12H15BrFNO2/c1-8(15-6-5-12(16)17-2)10-4-3-9(14)7-11(10)13/h3-4,7-8,15H,5-6H2,1-2H3. The highest BCUT2D eigenvalue weighted by Gasteiger charge is 2.10. The van der Waals surface area contributed by atoms with E-state index in [-0.39, 0.29) is 17.8 Å². The highest BCUT2D eigenvalue weighted by molar-refractivity contribution is 9.10. The SMILES string of the molecule is COC(=O)CCNC(C)c1ccc(F)cc1Br. The average Bonchev–Trinajstić information content (AvgIpc) is 2.28. The van der Waals surface area contributed by atoms with E-state index in [4.69, 9.17) is 0 Å². The molecule has 1 aromatic rings. The van der Waals surface area contributed by atoms with Crippen LogP contribution in [0.1, 0.15) is 24.9 Å². The van der Waals surface area contributed by atoms with E-state index in [9.17, 15) is 9.18 Å². The quantitative estimate of drug-likeness (QED) is 0.850. The molecular weight excluding hydrogens is 289 g/mol. The van der Waals surface area contributed by atoms with Gasteiger partial charge in [-0.1, -0.05) is 22.0 Å². The summed E-state index contributed by atoms with van der Waals surface area (Å²) >= 11 is 3.31. The molecule has 0 spiro atoms. The summed E-state index contributed by atoms with van der Waals surface area (Å²) in [5, 5.41) is 3.17. The van der Waals surface area contributed by atoms with Crippen molar-refractivity contribution >= 4 is 21.9 Å². The molecule has 1 N–H and O–H groups in total. The number of carbonyl (C=O) groups excluding carboxylic acids is 1. The molecule has 17 heavy (non-hydrogen) atoms. The number of methoxy groups -OCH3 is 1. The van der Waals surface area contributed by atoms with Gasteiger partial charge in [-0.15, -0.1) is 0 Å². The third kappa shape index (κ3) is 4.44. The number of nitrogens with one attached hydrogen (secondary N) is 1. The lowest BCUT2D eigenvalue weighted by Crippen LogP contribution is -2.22. The Morgan fingerprint density at radius 1 is 1.59 bits per heavy atom. The van der Waals surface area contributed by atoms with Crippen molar-refractivity contribution in [3.8, 4) is 0 Å². The summed E-state index contributed by atoms with van der Waals surface area (Å²) < 4.78 is 18.2. The first-order chi connectivity index (χ1) is 8.04. The first-order valence-electron chi connectivity index (χ1n) is 5.29. The second kappa shape index (κ2) is 6.71. The number of benzene rings is 1. The number of esters is 1. The van der Waals surface area contributed by atoms with E-state index in [0.29, 0.717) is 13.0 Å². The minimum absolute atomic E-state index is 0.0367. The van der Waals surface area contributed by atoms with Gasteiger partial charge in [0.2, 0.25) is 0 Å². The predicted molar refractivity (Wildman–Crippen MR) is 67.2 cm³/mol. The van der Waals surface area contributed by atoms with Crippen LogP contribution in [-0.2, 0) is 9.53 Å². The molecule has 0 saturated carbocycles. The Morgan fingerprint density at radius 3 is 2.88 bits per heavy atom. The van der Waals surface area contributed by atoms with E-state index in [1.807, 2.05) is 6.92 Å². The lowest BCUT2D eigenvalue weighted by Gasteiger charge is -2.15. The normalized spacial score (nSPS) is 12.2. The van der Waals surface area contributed by atoms with Crippen LogP contribution in [0.15, 0.2) is 22.7 Å². The van der Waals surface area contributed by atoms with Crippen molar-refractivity contribution in [2.24, 2.45) is 0 Å². The third-order valence-electron chi connectivity index (χ3n) is 2.44. The van der Waals surface area contributed by atoms with Crippen LogP contribution < -0.4 is 5.32 Å². The summed E-state index contributed by atoms with van der Waals surface area (Å²) in [5.74, 6) is -0.523. The number of ether oxygens (including phenoxy) is 1. The van der Waals surface area contributed by atoms with Crippen molar-refractivity contribution < 1.29 is 13.9 Å². The van der Waals surface area contributed by atoms with Gasteiger partial charge in [0.05, 0.1) is 13.5 Å². The Kier molecular flexibility index (Phi) is 5.58. The molecule has 1 atom stereocenters. The predicted octanol–water partition coefficient (Wildman–Crippen LogP) is 2.80. The van der Waals surface area contributed by atoms with E-state index in [1.165, 1.54) is 19.2 Å². The maximum Gasteiger partial charge on any atom is 0.306 e. The smallest absolute Gasteiger partial charge is 0.306 e.